The summed E-state index contributed by atoms with van der Waals surface area (Å²) < 4.78 is 25.8. The first-order valence-corrected chi connectivity index (χ1v) is 5.87. The molecule has 1 aliphatic carbocycles. The molecule has 16 heavy (non-hydrogen) atoms. The molecule has 3 heteroatoms. The van der Waals surface area contributed by atoms with Crippen LogP contribution in [-0.4, -0.2) is 0 Å². The van der Waals surface area contributed by atoms with Gasteiger partial charge in [-0.05, 0) is 30.0 Å². The second kappa shape index (κ2) is 4.91. The van der Waals surface area contributed by atoms with Crippen LogP contribution >= 0.6 is 0 Å². The highest BCUT2D eigenvalue weighted by molar-refractivity contribution is 5.21. The van der Waals surface area contributed by atoms with Gasteiger partial charge in [0.15, 0.2) is 11.6 Å². The zero-order chi connectivity index (χ0) is 11.5. The number of hydrogen-bond acceptors (Lipinski definition) is 1. The molecule has 0 heterocycles. The first-order chi connectivity index (χ1) is 7.66. The van der Waals surface area contributed by atoms with E-state index in [1.54, 1.807) is 6.07 Å². The molecule has 0 aliphatic heterocycles. The van der Waals surface area contributed by atoms with E-state index < -0.39 is 11.6 Å². The molecule has 2 N–H and O–H groups in total. The lowest BCUT2D eigenvalue weighted by Crippen LogP contribution is -2.14. The van der Waals surface area contributed by atoms with Crippen molar-refractivity contribution >= 4 is 0 Å². The predicted octanol–water partition coefficient (Wildman–Crippen LogP) is 3.54. The van der Waals surface area contributed by atoms with E-state index in [4.69, 9.17) is 5.73 Å². The Labute approximate surface area is 94.7 Å². The Morgan fingerprint density at radius 1 is 1.19 bits per heavy atom. The van der Waals surface area contributed by atoms with Gasteiger partial charge in [0.05, 0.1) is 0 Å². The standard InChI is InChI=1S/C13H17F2N/c14-11-6-5-10(8-12(11)15)13(16)7-9-3-1-2-4-9/h5-6,8-9,13H,1-4,7,16H2. The summed E-state index contributed by atoms with van der Waals surface area (Å²) in [5, 5.41) is 0. The summed E-state index contributed by atoms with van der Waals surface area (Å²) in [6, 6.07) is 3.78. The van der Waals surface area contributed by atoms with Crippen LogP contribution in [0.1, 0.15) is 43.7 Å². The molecule has 1 aromatic rings. The van der Waals surface area contributed by atoms with Crippen LogP contribution in [0, 0.1) is 17.6 Å². The van der Waals surface area contributed by atoms with Crippen molar-refractivity contribution in [3.63, 3.8) is 0 Å². The van der Waals surface area contributed by atoms with E-state index in [-0.39, 0.29) is 6.04 Å². The third-order valence-corrected chi connectivity index (χ3v) is 3.43. The van der Waals surface area contributed by atoms with E-state index in [9.17, 15) is 8.78 Å². The van der Waals surface area contributed by atoms with Gasteiger partial charge < -0.3 is 5.73 Å². The van der Waals surface area contributed by atoms with Gasteiger partial charge in [0, 0.05) is 6.04 Å². The zero-order valence-corrected chi connectivity index (χ0v) is 9.26. The molecule has 2 rings (SSSR count). The van der Waals surface area contributed by atoms with Crippen LogP contribution in [0.3, 0.4) is 0 Å². The van der Waals surface area contributed by atoms with Crippen molar-refractivity contribution in [1.82, 2.24) is 0 Å². The SMILES string of the molecule is NC(CC1CCCC1)c1ccc(F)c(F)c1. The summed E-state index contributed by atoms with van der Waals surface area (Å²) in [6.45, 7) is 0. The Kier molecular flexibility index (Phi) is 3.54. The van der Waals surface area contributed by atoms with Crippen LogP contribution in [0.5, 0.6) is 0 Å². The lowest BCUT2D eigenvalue weighted by atomic mass is 9.94. The molecule has 1 atom stereocenters. The van der Waals surface area contributed by atoms with Gasteiger partial charge in [0.25, 0.3) is 0 Å². The number of halogens is 2. The molecule has 0 radical (unpaired) electrons. The predicted molar refractivity (Wildman–Crippen MR) is 59.9 cm³/mol. The summed E-state index contributed by atoms with van der Waals surface area (Å²) >= 11 is 0. The lowest BCUT2D eigenvalue weighted by molar-refractivity contribution is 0.447. The van der Waals surface area contributed by atoms with Gasteiger partial charge >= 0.3 is 0 Å². The smallest absolute Gasteiger partial charge is 0.159 e. The quantitative estimate of drug-likeness (QED) is 0.836. The van der Waals surface area contributed by atoms with Crippen molar-refractivity contribution in [3.8, 4) is 0 Å². The van der Waals surface area contributed by atoms with E-state index in [1.807, 2.05) is 0 Å². The fraction of sp³-hybridized carbons (Fsp3) is 0.538. The highest BCUT2D eigenvalue weighted by Gasteiger charge is 2.19. The second-order valence-corrected chi connectivity index (χ2v) is 4.67. The normalized spacial score (nSPS) is 18.9. The Bertz CT molecular complexity index is 359. The van der Waals surface area contributed by atoms with Gasteiger partial charge in [-0.25, -0.2) is 8.78 Å². The first kappa shape index (κ1) is 11.5. The molecule has 1 aromatic carbocycles. The molecule has 1 unspecified atom stereocenters. The topological polar surface area (TPSA) is 26.0 Å². The van der Waals surface area contributed by atoms with Crippen LogP contribution < -0.4 is 5.73 Å². The molecule has 0 bridgehead atoms. The molecule has 1 aliphatic rings. The van der Waals surface area contributed by atoms with Gasteiger partial charge in [-0.1, -0.05) is 31.7 Å². The van der Waals surface area contributed by atoms with Gasteiger partial charge in [-0.3, -0.25) is 0 Å². The highest BCUT2D eigenvalue weighted by atomic mass is 19.2. The van der Waals surface area contributed by atoms with Crippen LogP contribution in [0.15, 0.2) is 18.2 Å². The molecule has 1 saturated carbocycles. The van der Waals surface area contributed by atoms with E-state index >= 15 is 0 Å². The van der Waals surface area contributed by atoms with Crippen molar-refractivity contribution in [1.29, 1.82) is 0 Å². The minimum Gasteiger partial charge on any atom is -0.324 e. The summed E-state index contributed by atoms with van der Waals surface area (Å²) in [7, 11) is 0. The van der Waals surface area contributed by atoms with Crippen LogP contribution in [-0.2, 0) is 0 Å². The average molecular weight is 225 g/mol. The Hall–Kier alpha value is -0.960. The summed E-state index contributed by atoms with van der Waals surface area (Å²) in [6.07, 6.45) is 5.87. The maximum absolute atomic E-state index is 13.0. The monoisotopic (exact) mass is 225 g/mol. The molecule has 88 valence electrons. The third kappa shape index (κ3) is 2.59. The van der Waals surface area contributed by atoms with Gasteiger partial charge in [0.1, 0.15) is 0 Å². The Morgan fingerprint density at radius 3 is 2.50 bits per heavy atom. The average Bonchev–Trinajstić information content (AvgIpc) is 2.74. The number of nitrogens with two attached hydrogens (primary N) is 1. The molecule has 0 saturated heterocycles. The number of rotatable bonds is 3. The molecule has 0 amide bonds. The minimum absolute atomic E-state index is 0.168. The largest absolute Gasteiger partial charge is 0.324 e. The van der Waals surface area contributed by atoms with Gasteiger partial charge in [-0.15, -0.1) is 0 Å². The van der Waals surface area contributed by atoms with Gasteiger partial charge in [0.2, 0.25) is 0 Å². The number of hydrogen-bond donors (Lipinski definition) is 1. The van der Waals surface area contributed by atoms with E-state index in [2.05, 4.69) is 0 Å². The maximum atomic E-state index is 13.0. The molecule has 1 nitrogen and oxygen atoms in total. The number of benzene rings is 1. The molecule has 0 spiro atoms. The zero-order valence-electron chi connectivity index (χ0n) is 9.26. The van der Waals surface area contributed by atoms with E-state index in [1.165, 1.54) is 31.7 Å². The van der Waals surface area contributed by atoms with Crippen molar-refractivity contribution in [2.24, 2.45) is 11.7 Å². The Morgan fingerprint density at radius 2 is 1.88 bits per heavy atom. The summed E-state index contributed by atoms with van der Waals surface area (Å²) in [5.74, 6) is -0.959. The molecule has 1 fully saturated rings. The highest BCUT2D eigenvalue weighted by Crippen LogP contribution is 2.32. The van der Waals surface area contributed by atoms with Crippen LogP contribution in [0.2, 0.25) is 0 Å². The molecule has 0 aromatic heterocycles. The first-order valence-electron chi connectivity index (χ1n) is 5.87. The van der Waals surface area contributed by atoms with Crippen molar-refractivity contribution in [2.45, 2.75) is 38.1 Å². The summed E-state index contributed by atoms with van der Waals surface area (Å²) in [5.41, 5.74) is 6.70. The van der Waals surface area contributed by atoms with E-state index in [0.29, 0.717) is 11.5 Å². The molecular weight excluding hydrogens is 208 g/mol. The van der Waals surface area contributed by atoms with Crippen molar-refractivity contribution in [3.05, 3.63) is 35.4 Å². The summed E-state index contributed by atoms with van der Waals surface area (Å²) in [4.78, 5) is 0. The fourth-order valence-electron chi connectivity index (χ4n) is 2.48. The fourth-order valence-corrected chi connectivity index (χ4v) is 2.48. The third-order valence-electron chi connectivity index (χ3n) is 3.43. The van der Waals surface area contributed by atoms with Crippen LogP contribution in [0.4, 0.5) is 8.78 Å². The maximum Gasteiger partial charge on any atom is 0.159 e. The van der Waals surface area contributed by atoms with Crippen molar-refractivity contribution < 1.29 is 8.78 Å². The lowest BCUT2D eigenvalue weighted by Gasteiger charge is -2.16. The Balaban J connectivity index is 2.02. The van der Waals surface area contributed by atoms with Crippen molar-refractivity contribution in [2.75, 3.05) is 0 Å². The van der Waals surface area contributed by atoms with Crippen LogP contribution in [0.25, 0.3) is 0 Å². The second-order valence-electron chi connectivity index (χ2n) is 4.67. The minimum atomic E-state index is -0.809. The van der Waals surface area contributed by atoms with Gasteiger partial charge in [-0.2, -0.15) is 0 Å². The molecular formula is C13H17F2N. The van der Waals surface area contributed by atoms with E-state index in [0.717, 1.165) is 12.5 Å².